The van der Waals surface area contributed by atoms with Gasteiger partial charge in [0.25, 0.3) is 0 Å². The molecule has 0 aliphatic carbocycles. The van der Waals surface area contributed by atoms with Gasteiger partial charge in [0.2, 0.25) is 0 Å². The number of nitrogens with one attached hydrogen (secondary N) is 1. The first kappa shape index (κ1) is 13.2. The molecule has 0 bridgehead atoms. The molecule has 2 heteroatoms. The van der Waals surface area contributed by atoms with Gasteiger partial charge in [0.05, 0.1) is 0 Å². The van der Waals surface area contributed by atoms with Crippen LogP contribution < -0.4 is 5.32 Å². The smallest absolute Gasteiger partial charge is 0.0379 e. The van der Waals surface area contributed by atoms with Crippen LogP contribution in [0.1, 0.15) is 50.7 Å². The van der Waals surface area contributed by atoms with Gasteiger partial charge in [0.15, 0.2) is 0 Å². The lowest BCUT2D eigenvalue weighted by Gasteiger charge is -2.32. The molecule has 0 aromatic carbocycles. The summed E-state index contributed by atoms with van der Waals surface area (Å²) < 4.78 is 0. The Morgan fingerprint density at radius 3 is 2.06 bits per heavy atom. The molecule has 0 radical (unpaired) electrons. The van der Waals surface area contributed by atoms with Crippen molar-refractivity contribution in [3.8, 4) is 0 Å². The van der Waals surface area contributed by atoms with E-state index in [1.165, 1.54) is 5.56 Å². The van der Waals surface area contributed by atoms with Crippen molar-refractivity contribution in [1.29, 1.82) is 0 Å². The highest BCUT2D eigenvalue weighted by Crippen LogP contribution is 2.32. The minimum Gasteiger partial charge on any atom is -0.310 e. The van der Waals surface area contributed by atoms with Crippen molar-refractivity contribution in [1.82, 2.24) is 10.3 Å². The van der Waals surface area contributed by atoms with E-state index >= 15 is 0 Å². The van der Waals surface area contributed by atoms with Gasteiger partial charge in [-0.3, -0.25) is 4.98 Å². The van der Waals surface area contributed by atoms with E-state index in [0.29, 0.717) is 6.04 Å². The highest BCUT2D eigenvalue weighted by atomic mass is 14.9. The van der Waals surface area contributed by atoms with Crippen LogP contribution in [0.4, 0.5) is 0 Å². The third kappa shape index (κ3) is 3.31. The fourth-order valence-corrected chi connectivity index (χ4v) is 2.16. The zero-order valence-electron chi connectivity index (χ0n) is 11.4. The highest BCUT2D eigenvalue weighted by molar-refractivity contribution is 5.25. The van der Waals surface area contributed by atoms with Crippen LogP contribution in [0, 0.1) is 19.3 Å². The Hall–Kier alpha value is -0.890. The second kappa shape index (κ2) is 4.96. The first-order chi connectivity index (χ1) is 7.34. The average molecular weight is 220 g/mol. The van der Waals surface area contributed by atoms with Crippen LogP contribution in [0.2, 0.25) is 0 Å². The van der Waals surface area contributed by atoms with Gasteiger partial charge in [-0.15, -0.1) is 0 Å². The van der Waals surface area contributed by atoms with E-state index in [1.54, 1.807) is 0 Å². The third-order valence-corrected chi connectivity index (χ3v) is 2.71. The summed E-state index contributed by atoms with van der Waals surface area (Å²) in [5, 5.41) is 3.57. The maximum Gasteiger partial charge on any atom is 0.0379 e. The van der Waals surface area contributed by atoms with Gasteiger partial charge in [-0.2, -0.15) is 0 Å². The molecular weight excluding hydrogens is 196 g/mol. The molecule has 16 heavy (non-hydrogen) atoms. The van der Waals surface area contributed by atoms with Crippen LogP contribution >= 0.6 is 0 Å². The lowest BCUT2D eigenvalue weighted by Crippen LogP contribution is -2.32. The van der Waals surface area contributed by atoms with Gasteiger partial charge >= 0.3 is 0 Å². The Balaban J connectivity index is 3.10. The van der Waals surface area contributed by atoms with Crippen molar-refractivity contribution in [3.63, 3.8) is 0 Å². The molecule has 0 spiro atoms. The number of hydrogen-bond donors (Lipinski definition) is 1. The number of nitrogens with zero attached hydrogens (tertiary/aromatic N) is 1. The third-order valence-electron chi connectivity index (χ3n) is 2.71. The van der Waals surface area contributed by atoms with Gasteiger partial charge in [-0.25, -0.2) is 0 Å². The number of aromatic nitrogens is 1. The number of hydrogen-bond acceptors (Lipinski definition) is 2. The molecule has 0 saturated carbocycles. The van der Waals surface area contributed by atoms with Crippen molar-refractivity contribution in [2.45, 2.75) is 47.6 Å². The fourth-order valence-electron chi connectivity index (χ4n) is 2.16. The lowest BCUT2D eigenvalue weighted by molar-refractivity contribution is 0.276. The van der Waals surface area contributed by atoms with Gasteiger partial charge in [-0.1, -0.05) is 27.7 Å². The van der Waals surface area contributed by atoms with Gasteiger partial charge < -0.3 is 5.32 Å². The van der Waals surface area contributed by atoms with Crippen molar-refractivity contribution in [2.75, 3.05) is 6.54 Å². The zero-order valence-corrected chi connectivity index (χ0v) is 11.4. The monoisotopic (exact) mass is 220 g/mol. The molecule has 1 aromatic heterocycles. The van der Waals surface area contributed by atoms with Crippen molar-refractivity contribution in [2.24, 2.45) is 5.41 Å². The number of pyridine rings is 1. The molecule has 1 rings (SSSR count). The molecule has 1 unspecified atom stereocenters. The first-order valence-electron chi connectivity index (χ1n) is 6.03. The van der Waals surface area contributed by atoms with Crippen LogP contribution in [0.5, 0.6) is 0 Å². The quantitative estimate of drug-likeness (QED) is 0.844. The van der Waals surface area contributed by atoms with E-state index in [-0.39, 0.29) is 5.41 Å². The topological polar surface area (TPSA) is 24.9 Å². The van der Waals surface area contributed by atoms with Gasteiger partial charge in [-0.05, 0) is 43.5 Å². The predicted molar refractivity (Wildman–Crippen MR) is 69.6 cm³/mol. The summed E-state index contributed by atoms with van der Waals surface area (Å²) >= 11 is 0. The lowest BCUT2D eigenvalue weighted by atomic mass is 9.82. The normalized spacial score (nSPS) is 13.9. The Morgan fingerprint density at radius 2 is 1.69 bits per heavy atom. The summed E-state index contributed by atoms with van der Waals surface area (Å²) in [6.07, 6.45) is 0. The maximum absolute atomic E-state index is 4.43. The SMILES string of the molecule is CCNC(c1cc(C)nc(C)c1)C(C)(C)C. The molecule has 0 aliphatic rings. The first-order valence-corrected chi connectivity index (χ1v) is 6.03. The molecule has 0 amide bonds. The molecule has 90 valence electrons. The highest BCUT2D eigenvalue weighted by Gasteiger charge is 2.25. The second-order valence-corrected chi connectivity index (χ2v) is 5.54. The van der Waals surface area contributed by atoms with Crippen LogP contribution in [0.3, 0.4) is 0 Å². The minimum absolute atomic E-state index is 0.218. The maximum atomic E-state index is 4.43. The van der Waals surface area contributed by atoms with E-state index < -0.39 is 0 Å². The van der Waals surface area contributed by atoms with Crippen molar-refractivity contribution < 1.29 is 0 Å². The van der Waals surface area contributed by atoms with Crippen LogP contribution in [0.15, 0.2) is 12.1 Å². The van der Waals surface area contributed by atoms with Crippen molar-refractivity contribution >= 4 is 0 Å². The molecule has 1 atom stereocenters. The van der Waals surface area contributed by atoms with Crippen LogP contribution in [-0.4, -0.2) is 11.5 Å². The van der Waals surface area contributed by atoms with E-state index in [4.69, 9.17) is 0 Å². The molecule has 0 fully saturated rings. The summed E-state index contributed by atoms with van der Waals surface area (Å²) in [6, 6.07) is 4.76. The zero-order chi connectivity index (χ0) is 12.3. The fraction of sp³-hybridized carbons (Fsp3) is 0.643. The molecule has 1 aromatic rings. The van der Waals surface area contributed by atoms with Crippen LogP contribution in [-0.2, 0) is 0 Å². The summed E-state index contributed by atoms with van der Waals surface area (Å²) in [5.74, 6) is 0. The summed E-state index contributed by atoms with van der Waals surface area (Å²) in [4.78, 5) is 4.43. The molecule has 1 N–H and O–H groups in total. The van der Waals surface area contributed by atoms with E-state index in [9.17, 15) is 0 Å². The average Bonchev–Trinajstić information content (AvgIpc) is 2.10. The van der Waals surface area contributed by atoms with E-state index in [1.807, 2.05) is 0 Å². The largest absolute Gasteiger partial charge is 0.310 e. The summed E-state index contributed by atoms with van der Waals surface area (Å²) in [5.41, 5.74) is 3.76. The summed E-state index contributed by atoms with van der Waals surface area (Å²) in [6.45, 7) is 14.1. The Bertz CT molecular complexity index is 330. The molecular formula is C14H24N2. The van der Waals surface area contributed by atoms with E-state index in [2.05, 4.69) is 64.0 Å². The van der Waals surface area contributed by atoms with Crippen LogP contribution in [0.25, 0.3) is 0 Å². The molecule has 0 aliphatic heterocycles. The standard InChI is InChI=1S/C14H24N2/c1-7-15-13(14(4,5)6)12-8-10(2)16-11(3)9-12/h8-9,13,15H,7H2,1-6H3. The predicted octanol–water partition coefficient (Wildman–Crippen LogP) is 3.40. The Morgan fingerprint density at radius 1 is 1.19 bits per heavy atom. The minimum atomic E-state index is 0.218. The van der Waals surface area contributed by atoms with Gasteiger partial charge in [0.1, 0.15) is 0 Å². The second-order valence-electron chi connectivity index (χ2n) is 5.54. The Kier molecular flexibility index (Phi) is 4.09. The summed E-state index contributed by atoms with van der Waals surface area (Å²) in [7, 11) is 0. The molecule has 1 heterocycles. The number of rotatable bonds is 3. The Labute approximate surface area is 99.5 Å². The molecule has 0 saturated heterocycles. The molecule has 2 nitrogen and oxygen atoms in total. The van der Waals surface area contributed by atoms with E-state index in [0.717, 1.165) is 17.9 Å². The van der Waals surface area contributed by atoms with Gasteiger partial charge in [0, 0.05) is 17.4 Å². The van der Waals surface area contributed by atoms with Crippen molar-refractivity contribution in [3.05, 3.63) is 29.1 Å². The number of aryl methyl sites for hydroxylation is 2.